The number of carboxylic acid groups (broad SMARTS) is 1. The molecule has 118 valence electrons. The monoisotopic (exact) mass is 367 g/mol. The van der Waals surface area contributed by atoms with Gasteiger partial charge < -0.3 is 10.4 Å². The van der Waals surface area contributed by atoms with Crippen molar-refractivity contribution in [2.75, 3.05) is 0 Å². The third-order valence-corrected chi connectivity index (χ3v) is 4.70. The van der Waals surface area contributed by atoms with Gasteiger partial charge in [-0.05, 0) is 17.7 Å². The Balaban J connectivity index is 1.91. The van der Waals surface area contributed by atoms with Gasteiger partial charge in [0.2, 0.25) is 0 Å². The molecular weight excluding hydrogens is 358 g/mol. The number of thioether (sulfide) groups is 1. The van der Waals surface area contributed by atoms with Gasteiger partial charge in [0.05, 0.1) is 10.6 Å². The lowest BCUT2D eigenvalue weighted by atomic mass is 10.0. The SMILES string of the molecule is O=C1NC(=S)S/C1=C\N1N=C(c2ccc(Cl)cc2)C[C@@H]1C(=O)O. The summed E-state index contributed by atoms with van der Waals surface area (Å²) in [6.07, 6.45) is 1.65. The highest BCUT2D eigenvalue weighted by atomic mass is 35.5. The molecule has 2 N–H and O–H groups in total. The largest absolute Gasteiger partial charge is 0.480 e. The third kappa shape index (κ3) is 3.39. The Hall–Kier alpha value is -1.90. The van der Waals surface area contributed by atoms with Crippen molar-refractivity contribution in [3.63, 3.8) is 0 Å². The van der Waals surface area contributed by atoms with E-state index in [-0.39, 0.29) is 12.3 Å². The molecule has 0 unspecified atom stereocenters. The van der Waals surface area contributed by atoms with Crippen molar-refractivity contribution in [1.82, 2.24) is 10.3 Å². The molecule has 1 fully saturated rings. The summed E-state index contributed by atoms with van der Waals surface area (Å²) < 4.78 is 0.342. The molecule has 3 rings (SSSR count). The number of carboxylic acids is 1. The first-order chi connectivity index (χ1) is 10.9. The van der Waals surface area contributed by atoms with Crippen LogP contribution in [0.25, 0.3) is 0 Å². The lowest BCUT2D eigenvalue weighted by molar-refractivity contribution is -0.141. The van der Waals surface area contributed by atoms with E-state index in [1.54, 1.807) is 24.3 Å². The quantitative estimate of drug-likeness (QED) is 0.629. The van der Waals surface area contributed by atoms with Crippen molar-refractivity contribution in [1.29, 1.82) is 0 Å². The molecule has 6 nitrogen and oxygen atoms in total. The number of carbonyl (C=O) groups excluding carboxylic acids is 1. The summed E-state index contributed by atoms with van der Waals surface area (Å²) in [5.41, 5.74) is 1.41. The van der Waals surface area contributed by atoms with Crippen molar-refractivity contribution < 1.29 is 14.7 Å². The second kappa shape index (κ2) is 6.31. The Kier molecular flexibility index (Phi) is 4.38. The number of hydrogen-bond acceptors (Lipinski definition) is 6. The standard InChI is InChI=1S/C14H10ClN3O3S2/c15-8-3-1-7(2-4-8)9-5-10(13(20)21)18(17-9)6-11-12(19)16-14(22)23-11/h1-4,6,10H,5H2,(H,20,21)(H,16,19,22)/b11-6-/t10-/m1/s1. The topological polar surface area (TPSA) is 82.0 Å². The van der Waals surface area contributed by atoms with Gasteiger partial charge in [-0.25, -0.2) is 4.79 Å². The molecular formula is C14H10ClN3O3S2. The van der Waals surface area contributed by atoms with Gasteiger partial charge in [0, 0.05) is 17.6 Å². The van der Waals surface area contributed by atoms with Crippen LogP contribution in [0.4, 0.5) is 0 Å². The minimum Gasteiger partial charge on any atom is -0.480 e. The van der Waals surface area contributed by atoms with E-state index in [1.807, 2.05) is 0 Å². The van der Waals surface area contributed by atoms with Gasteiger partial charge in [0.25, 0.3) is 5.91 Å². The molecule has 0 bridgehead atoms. The molecule has 0 saturated carbocycles. The highest BCUT2D eigenvalue weighted by Gasteiger charge is 2.34. The fraction of sp³-hybridized carbons (Fsp3) is 0.143. The molecule has 2 aliphatic heterocycles. The van der Waals surface area contributed by atoms with Crippen LogP contribution < -0.4 is 5.32 Å². The lowest BCUT2D eigenvalue weighted by Gasteiger charge is -2.15. The van der Waals surface area contributed by atoms with Gasteiger partial charge in [0.15, 0.2) is 6.04 Å². The number of hydrogen-bond donors (Lipinski definition) is 2. The maximum atomic E-state index is 11.7. The molecule has 0 aromatic heterocycles. The first kappa shape index (κ1) is 16.0. The van der Waals surface area contributed by atoms with E-state index in [0.29, 0.717) is 20.0 Å². The van der Waals surface area contributed by atoms with Crippen molar-refractivity contribution in [2.24, 2.45) is 5.10 Å². The van der Waals surface area contributed by atoms with Crippen LogP contribution in [-0.2, 0) is 9.59 Å². The van der Waals surface area contributed by atoms with Crippen molar-refractivity contribution in [2.45, 2.75) is 12.5 Å². The first-order valence-corrected chi connectivity index (χ1v) is 8.14. The van der Waals surface area contributed by atoms with Gasteiger partial charge in [0.1, 0.15) is 4.32 Å². The van der Waals surface area contributed by atoms with E-state index < -0.39 is 12.0 Å². The minimum absolute atomic E-state index is 0.234. The molecule has 2 aliphatic rings. The van der Waals surface area contributed by atoms with E-state index >= 15 is 0 Å². The molecule has 1 saturated heterocycles. The van der Waals surface area contributed by atoms with Gasteiger partial charge in [-0.15, -0.1) is 0 Å². The van der Waals surface area contributed by atoms with Crippen LogP contribution in [0.2, 0.25) is 5.02 Å². The van der Waals surface area contributed by atoms with Crippen LogP contribution in [0.3, 0.4) is 0 Å². The summed E-state index contributed by atoms with van der Waals surface area (Å²) in [6.45, 7) is 0. The van der Waals surface area contributed by atoms with Crippen LogP contribution >= 0.6 is 35.6 Å². The summed E-state index contributed by atoms with van der Waals surface area (Å²) in [6, 6.07) is 6.13. The van der Waals surface area contributed by atoms with Crippen molar-refractivity contribution in [3.05, 3.63) is 46.0 Å². The third-order valence-electron chi connectivity index (χ3n) is 3.30. The Bertz CT molecular complexity index is 761. The van der Waals surface area contributed by atoms with Crippen LogP contribution in [-0.4, -0.2) is 38.1 Å². The number of nitrogens with one attached hydrogen (secondary N) is 1. The Morgan fingerprint density at radius 3 is 2.74 bits per heavy atom. The molecule has 0 radical (unpaired) electrons. The molecule has 1 amide bonds. The maximum Gasteiger partial charge on any atom is 0.328 e. The zero-order valence-electron chi connectivity index (χ0n) is 11.5. The number of rotatable bonds is 3. The lowest BCUT2D eigenvalue weighted by Crippen LogP contribution is -2.31. The molecule has 0 spiro atoms. The number of amides is 1. The van der Waals surface area contributed by atoms with Crippen molar-refractivity contribution in [3.8, 4) is 0 Å². The van der Waals surface area contributed by atoms with Gasteiger partial charge in [-0.2, -0.15) is 5.10 Å². The van der Waals surface area contributed by atoms with E-state index in [2.05, 4.69) is 10.4 Å². The first-order valence-electron chi connectivity index (χ1n) is 6.53. The Morgan fingerprint density at radius 1 is 1.48 bits per heavy atom. The van der Waals surface area contributed by atoms with Crippen LogP contribution in [0.5, 0.6) is 0 Å². The number of benzene rings is 1. The normalized spacial score (nSPS) is 22.5. The number of carbonyl (C=O) groups is 2. The summed E-state index contributed by atoms with van der Waals surface area (Å²) >= 11 is 11.9. The minimum atomic E-state index is -1.01. The number of halogens is 1. The fourth-order valence-electron chi connectivity index (χ4n) is 2.19. The zero-order valence-corrected chi connectivity index (χ0v) is 13.9. The van der Waals surface area contributed by atoms with Gasteiger partial charge in [-0.3, -0.25) is 9.80 Å². The molecule has 1 atom stereocenters. The van der Waals surface area contributed by atoms with E-state index in [1.165, 1.54) is 11.2 Å². The maximum absolute atomic E-state index is 11.7. The average molecular weight is 368 g/mol. The van der Waals surface area contributed by atoms with E-state index in [4.69, 9.17) is 23.8 Å². The second-order valence-corrected chi connectivity index (χ2v) is 6.98. The highest BCUT2D eigenvalue weighted by molar-refractivity contribution is 8.26. The smallest absolute Gasteiger partial charge is 0.328 e. The number of hydrazone groups is 1. The van der Waals surface area contributed by atoms with Gasteiger partial charge in [-0.1, -0.05) is 47.7 Å². The van der Waals surface area contributed by atoms with Crippen LogP contribution in [0.15, 0.2) is 40.5 Å². The van der Waals surface area contributed by atoms with Gasteiger partial charge >= 0.3 is 5.97 Å². The molecule has 23 heavy (non-hydrogen) atoms. The van der Waals surface area contributed by atoms with Crippen LogP contribution in [0.1, 0.15) is 12.0 Å². The number of aliphatic carboxylic acids is 1. The molecule has 2 heterocycles. The molecule has 9 heteroatoms. The zero-order chi connectivity index (χ0) is 16.6. The molecule has 1 aromatic rings. The predicted molar refractivity (Wildman–Crippen MR) is 92.3 cm³/mol. The molecule has 0 aliphatic carbocycles. The van der Waals surface area contributed by atoms with E-state index in [0.717, 1.165) is 17.3 Å². The second-order valence-electron chi connectivity index (χ2n) is 4.83. The van der Waals surface area contributed by atoms with E-state index in [9.17, 15) is 14.7 Å². The summed E-state index contributed by atoms with van der Waals surface area (Å²) in [7, 11) is 0. The Morgan fingerprint density at radius 2 is 2.17 bits per heavy atom. The van der Waals surface area contributed by atoms with Crippen molar-refractivity contribution >= 4 is 57.5 Å². The summed E-state index contributed by atoms with van der Waals surface area (Å²) in [5.74, 6) is -1.36. The highest BCUT2D eigenvalue weighted by Crippen LogP contribution is 2.28. The fourth-order valence-corrected chi connectivity index (χ4v) is 3.33. The predicted octanol–water partition coefficient (Wildman–Crippen LogP) is 2.19. The number of nitrogens with zero attached hydrogens (tertiary/aromatic N) is 2. The van der Waals surface area contributed by atoms with Crippen LogP contribution in [0, 0.1) is 0 Å². The summed E-state index contributed by atoms with van der Waals surface area (Å²) in [5, 5.41) is 18.1. The number of thiocarbonyl (C=S) groups is 1. The molecule has 1 aromatic carbocycles. The average Bonchev–Trinajstić information content (AvgIpc) is 3.04. The summed E-state index contributed by atoms with van der Waals surface area (Å²) in [4.78, 5) is 23.5. The Labute approximate surface area is 146 Å².